The van der Waals surface area contributed by atoms with E-state index in [-0.39, 0.29) is 14.5 Å². The summed E-state index contributed by atoms with van der Waals surface area (Å²) in [5.74, 6) is -0.490. The highest BCUT2D eigenvalue weighted by Gasteiger charge is 2.32. The highest BCUT2D eigenvalue weighted by Crippen LogP contribution is 2.36. The summed E-state index contributed by atoms with van der Waals surface area (Å²) >= 11 is 14.0. The van der Waals surface area contributed by atoms with Crippen LogP contribution in [-0.2, 0) is 0 Å². The first-order valence-electron chi connectivity index (χ1n) is 3.20. The molecular formula is C7H2BrCl2F3O. The molecule has 1 aromatic carbocycles. The molecule has 0 bridgehead atoms. The standard InChI is InChI=1S/C7H2BrCl2F3O/c8-3-1-6(14-7(11,12)13)5(10)2-4(3)9/h1-2H. The van der Waals surface area contributed by atoms with Gasteiger partial charge < -0.3 is 4.74 Å². The molecule has 0 N–H and O–H groups in total. The first-order valence-corrected chi connectivity index (χ1v) is 4.75. The maximum Gasteiger partial charge on any atom is 0.573 e. The molecule has 0 amide bonds. The molecule has 0 aliphatic heterocycles. The molecule has 0 saturated heterocycles. The zero-order chi connectivity index (χ0) is 10.9. The van der Waals surface area contributed by atoms with E-state index in [1.807, 2.05) is 0 Å². The fraction of sp³-hybridized carbons (Fsp3) is 0.143. The van der Waals surface area contributed by atoms with Crippen LogP contribution in [0.5, 0.6) is 5.75 Å². The third-order valence-corrected chi connectivity index (χ3v) is 2.69. The molecule has 0 saturated carbocycles. The molecular weight excluding hydrogens is 308 g/mol. The Labute approximate surface area is 95.9 Å². The summed E-state index contributed by atoms with van der Waals surface area (Å²) in [6, 6.07) is 2.21. The first kappa shape index (κ1) is 11.9. The molecule has 1 aromatic rings. The van der Waals surface area contributed by atoms with Gasteiger partial charge in [-0.05, 0) is 28.1 Å². The summed E-state index contributed by atoms with van der Waals surface area (Å²) in [6.07, 6.45) is -4.77. The largest absolute Gasteiger partial charge is 0.573 e. The monoisotopic (exact) mass is 308 g/mol. The molecule has 0 aliphatic carbocycles. The number of hydrogen-bond donors (Lipinski definition) is 0. The minimum atomic E-state index is -4.77. The van der Waals surface area contributed by atoms with E-state index in [1.54, 1.807) is 0 Å². The van der Waals surface area contributed by atoms with E-state index in [9.17, 15) is 13.2 Å². The molecule has 1 nitrogen and oxygen atoms in total. The van der Waals surface area contributed by atoms with Gasteiger partial charge >= 0.3 is 6.36 Å². The maximum atomic E-state index is 11.8. The van der Waals surface area contributed by atoms with Gasteiger partial charge in [0, 0.05) is 4.47 Å². The van der Waals surface area contributed by atoms with Crippen molar-refractivity contribution in [2.45, 2.75) is 6.36 Å². The van der Waals surface area contributed by atoms with Crippen LogP contribution in [0.2, 0.25) is 10.0 Å². The van der Waals surface area contributed by atoms with E-state index >= 15 is 0 Å². The average molecular weight is 310 g/mol. The van der Waals surface area contributed by atoms with Gasteiger partial charge in [0.25, 0.3) is 0 Å². The van der Waals surface area contributed by atoms with Crippen molar-refractivity contribution >= 4 is 39.1 Å². The van der Waals surface area contributed by atoms with Crippen molar-refractivity contribution in [3.8, 4) is 5.75 Å². The van der Waals surface area contributed by atoms with E-state index in [0.717, 1.165) is 12.1 Å². The van der Waals surface area contributed by atoms with Crippen LogP contribution >= 0.6 is 39.1 Å². The number of ether oxygens (including phenoxy) is 1. The lowest BCUT2D eigenvalue weighted by Gasteiger charge is -2.10. The van der Waals surface area contributed by atoms with E-state index in [0.29, 0.717) is 0 Å². The Morgan fingerprint density at radius 3 is 2.21 bits per heavy atom. The molecule has 7 heteroatoms. The van der Waals surface area contributed by atoms with Gasteiger partial charge in [-0.1, -0.05) is 23.2 Å². The van der Waals surface area contributed by atoms with Gasteiger partial charge in [0.05, 0.1) is 10.0 Å². The summed E-state index contributed by atoms with van der Waals surface area (Å²) in [5.41, 5.74) is 0. The first-order chi connectivity index (χ1) is 6.29. The SMILES string of the molecule is FC(F)(F)Oc1cc(Br)c(Cl)cc1Cl. The van der Waals surface area contributed by atoms with Gasteiger partial charge in [-0.15, -0.1) is 13.2 Å². The Hall–Kier alpha value is -0.130. The second kappa shape index (κ2) is 4.16. The van der Waals surface area contributed by atoms with Crippen LogP contribution in [0, 0.1) is 0 Å². The van der Waals surface area contributed by atoms with E-state index in [1.165, 1.54) is 0 Å². The Balaban J connectivity index is 3.04. The molecule has 0 unspecified atom stereocenters. The maximum absolute atomic E-state index is 11.8. The molecule has 14 heavy (non-hydrogen) atoms. The van der Waals surface area contributed by atoms with Gasteiger partial charge in [0.2, 0.25) is 0 Å². The summed E-state index contributed by atoms with van der Waals surface area (Å²) in [5, 5.41) is 0.0139. The van der Waals surface area contributed by atoms with E-state index in [2.05, 4.69) is 20.7 Å². The Morgan fingerprint density at radius 2 is 1.71 bits per heavy atom. The summed E-state index contributed by atoms with van der Waals surface area (Å²) in [4.78, 5) is 0. The Bertz CT molecular complexity index is 354. The van der Waals surface area contributed by atoms with Crippen LogP contribution in [0.4, 0.5) is 13.2 Å². The van der Waals surface area contributed by atoms with Gasteiger partial charge in [0.15, 0.2) is 0 Å². The average Bonchev–Trinajstić information content (AvgIpc) is 1.97. The predicted octanol–water partition coefficient (Wildman–Crippen LogP) is 4.65. The molecule has 0 spiro atoms. The quantitative estimate of drug-likeness (QED) is 0.686. The van der Waals surface area contributed by atoms with Crippen molar-refractivity contribution in [3.05, 3.63) is 26.7 Å². The molecule has 1 rings (SSSR count). The van der Waals surface area contributed by atoms with Crippen molar-refractivity contribution < 1.29 is 17.9 Å². The van der Waals surface area contributed by atoms with Crippen LogP contribution in [0.15, 0.2) is 16.6 Å². The lowest BCUT2D eigenvalue weighted by Crippen LogP contribution is -2.17. The normalized spacial score (nSPS) is 11.6. The zero-order valence-electron chi connectivity index (χ0n) is 6.33. The van der Waals surface area contributed by atoms with Gasteiger partial charge in [-0.25, -0.2) is 0 Å². The van der Waals surface area contributed by atoms with Crippen molar-refractivity contribution in [1.82, 2.24) is 0 Å². The minimum Gasteiger partial charge on any atom is -0.404 e. The summed E-state index contributed by atoms with van der Waals surface area (Å²) in [6.45, 7) is 0. The van der Waals surface area contributed by atoms with E-state index < -0.39 is 12.1 Å². The lowest BCUT2D eigenvalue weighted by molar-refractivity contribution is -0.274. The number of halogens is 6. The van der Waals surface area contributed by atoms with Gasteiger partial charge in [-0.2, -0.15) is 0 Å². The fourth-order valence-electron chi connectivity index (χ4n) is 0.707. The smallest absolute Gasteiger partial charge is 0.404 e. The fourth-order valence-corrected chi connectivity index (χ4v) is 1.45. The molecule has 0 heterocycles. The Morgan fingerprint density at radius 1 is 1.14 bits per heavy atom. The van der Waals surface area contributed by atoms with Gasteiger partial charge in [0.1, 0.15) is 5.75 Å². The molecule has 0 radical (unpaired) electrons. The molecule has 0 aromatic heterocycles. The highest BCUT2D eigenvalue weighted by atomic mass is 79.9. The number of hydrogen-bond acceptors (Lipinski definition) is 1. The number of alkyl halides is 3. The minimum absolute atomic E-state index is 0.199. The zero-order valence-corrected chi connectivity index (χ0v) is 9.43. The predicted molar refractivity (Wildman–Crippen MR) is 50.8 cm³/mol. The summed E-state index contributed by atoms with van der Waals surface area (Å²) < 4.78 is 39.4. The van der Waals surface area contributed by atoms with Gasteiger partial charge in [-0.3, -0.25) is 0 Å². The van der Waals surface area contributed by atoms with Crippen LogP contribution in [0.25, 0.3) is 0 Å². The van der Waals surface area contributed by atoms with Crippen molar-refractivity contribution in [2.75, 3.05) is 0 Å². The van der Waals surface area contributed by atoms with Crippen molar-refractivity contribution in [3.63, 3.8) is 0 Å². The molecule has 0 aliphatic rings. The molecule has 0 fully saturated rings. The van der Waals surface area contributed by atoms with Crippen molar-refractivity contribution in [1.29, 1.82) is 0 Å². The third kappa shape index (κ3) is 3.22. The number of rotatable bonds is 1. The highest BCUT2D eigenvalue weighted by molar-refractivity contribution is 9.10. The Kier molecular flexibility index (Phi) is 3.55. The van der Waals surface area contributed by atoms with Crippen LogP contribution < -0.4 is 4.74 Å². The molecule has 0 atom stereocenters. The molecule has 78 valence electrons. The second-order valence-electron chi connectivity index (χ2n) is 2.24. The number of benzene rings is 1. The topological polar surface area (TPSA) is 9.23 Å². The lowest BCUT2D eigenvalue weighted by atomic mass is 10.3. The van der Waals surface area contributed by atoms with E-state index in [4.69, 9.17) is 23.2 Å². The van der Waals surface area contributed by atoms with Crippen LogP contribution in [0.1, 0.15) is 0 Å². The van der Waals surface area contributed by atoms with Crippen molar-refractivity contribution in [2.24, 2.45) is 0 Å². The third-order valence-electron chi connectivity index (χ3n) is 1.20. The second-order valence-corrected chi connectivity index (χ2v) is 3.91. The summed E-state index contributed by atoms with van der Waals surface area (Å²) in [7, 11) is 0. The van der Waals surface area contributed by atoms with Crippen LogP contribution in [-0.4, -0.2) is 6.36 Å². The van der Waals surface area contributed by atoms with Crippen LogP contribution in [0.3, 0.4) is 0 Å².